The van der Waals surface area contributed by atoms with Gasteiger partial charge in [-0.05, 0) is 13.0 Å². The Balaban J connectivity index is 3.04. The molecule has 1 atom stereocenters. The molecule has 0 radical (unpaired) electrons. The molecule has 116 valence electrons. The number of sulfonamides is 1. The van der Waals surface area contributed by atoms with Gasteiger partial charge in [-0.3, -0.25) is 10.1 Å². The number of nitro groups is 1. The zero-order chi connectivity index (χ0) is 16.4. The number of hydrogen-bond donors (Lipinski definition) is 3. The lowest BCUT2D eigenvalue weighted by molar-refractivity contribution is -0.384. The Morgan fingerprint density at radius 2 is 2.10 bits per heavy atom. The summed E-state index contributed by atoms with van der Waals surface area (Å²) in [6.07, 6.45) is 0. The van der Waals surface area contributed by atoms with E-state index < -0.39 is 48.7 Å². The molecule has 3 N–H and O–H groups in total. The number of aliphatic carboxylic acids is 1. The van der Waals surface area contributed by atoms with Crippen LogP contribution in [-0.2, 0) is 14.8 Å². The number of aliphatic hydroxyl groups is 1. The van der Waals surface area contributed by atoms with E-state index in [9.17, 15) is 28.4 Å². The predicted molar refractivity (Wildman–Crippen MR) is 71.6 cm³/mol. The molecule has 0 heterocycles. The average Bonchev–Trinajstić information content (AvgIpc) is 2.36. The van der Waals surface area contributed by atoms with E-state index in [0.29, 0.717) is 0 Å². The number of hydrogen-bond acceptors (Lipinski definition) is 6. The fraction of sp³-hybridized carbons (Fsp3) is 0.300. The Kier molecular flexibility index (Phi) is 4.89. The van der Waals surface area contributed by atoms with Crippen molar-refractivity contribution in [1.82, 2.24) is 4.72 Å². The summed E-state index contributed by atoms with van der Waals surface area (Å²) in [5, 5.41) is 28.2. The van der Waals surface area contributed by atoms with E-state index in [2.05, 4.69) is 0 Å². The number of non-ortho nitro benzene ring substituents is 1. The van der Waals surface area contributed by atoms with E-state index in [1.54, 1.807) is 0 Å². The van der Waals surface area contributed by atoms with Gasteiger partial charge in [-0.2, -0.15) is 0 Å². The molecule has 0 saturated carbocycles. The van der Waals surface area contributed by atoms with Crippen LogP contribution in [-0.4, -0.2) is 41.7 Å². The molecule has 9 nitrogen and oxygen atoms in total. The Morgan fingerprint density at radius 1 is 1.52 bits per heavy atom. The molecule has 0 amide bonds. The molecule has 0 aliphatic heterocycles. The highest BCUT2D eigenvalue weighted by Crippen LogP contribution is 2.26. The van der Waals surface area contributed by atoms with Crippen LogP contribution in [0.5, 0.6) is 0 Å². The Hall–Kier alpha value is -1.75. The fourth-order valence-corrected chi connectivity index (χ4v) is 2.88. The molecule has 1 unspecified atom stereocenters. The van der Waals surface area contributed by atoms with Crippen molar-refractivity contribution in [3.63, 3.8) is 0 Å². The smallest absolute Gasteiger partial charge is 0.336 e. The first-order valence-corrected chi connectivity index (χ1v) is 7.23. The number of carboxylic acids is 1. The van der Waals surface area contributed by atoms with Crippen molar-refractivity contribution in [1.29, 1.82) is 0 Å². The second kappa shape index (κ2) is 5.93. The first kappa shape index (κ1) is 17.3. The summed E-state index contributed by atoms with van der Waals surface area (Å²) in [7, 11) is -4.23. The van der Waals surface area contributed by atoms with Gasteiger partial charge in [0.15, 0.2) is 5.60 Å². The van der Waals surface area contributed by atoms with Crippen LogP contribution in [0.2, 0.25) is 5.02 Å². The fourth-order valence-electron chi connectivity index (χ4n) is 1.21. The quantitative estimate of drug-likeness (QED) is 0.501. The van der Waals surface area contributed by atoms with Crippen LogP contribution < -0.4 is 4.72 Å². The van der Waals surface area contributed by atoms with Gasteiger partial charge in [-0.25, -0.2) is 17.9 Å². The maximum Gasteiger partial charge on any atom is 0.336 e. The number of rotatable bonds is 6. The second-order valence-corrected chi connectivity index (χ2v) is 6.42. The lowest BCUT2D eigenvalue weighted by Gasteiger charge is -2.18. The molecule has 21 heavy (non-hydrogen) atoms. The zero-order valence-electron chi connectivity index (χ0n) is 10.6. The number of nitrogens with zero attached hydrogens (tertiary/aromatic N) is 1. The normalized spacial score (nSPS) is 14.4. The van der Waals surface area contributed by atoms with Gasteiger partial charge in [0, 0.05) is 12.1 Å². The van der Waals surface area contributed by atoms with Gasteiger partial charge in [0.25, 0.3) is 5.69 Å². The van der Waals surface area contributed by atoms with Crippen LogP contribution in [0.4, 0.5) is 5.69 Å². The number of halogens is 1. The summed E-state index contributed by atoms with van der Waals surface area (Å²) in [5.74, 6) is -1.61. The summed E-state index contributed by atoms with van der Waals surface area (Å²) < 4.78 is 25.7. The molecule has 1 aromatic rings. The maximum absolute atomic E-state index is 11.9. The van der Waals surface area contributed by atoms with Crippen LogP contribution in [0.25, 0.3) is 0 Å². The third-order valence-corrected chi connectivity index (χ3v) is 4.37. The van der Waals surface area contributed by atoms with Gasteiger partial charge in [-0.1, -0.05) is 11.6 Å². The summed E-state index contributed by atoms with van der Waals surface area (Å²) in [6, 6.07) is 2.71. The van der Waals surface area contributed by atoms with Gasteiger partial charge in [0.1, 0.15) is 4.90 Å². The standard InChI is InChI=1S/C10H11ClN2O7S/c1-10(16,9(14)15)5-12-21(19,20)8-3-2-6(13(17)18)4-7(8)11/h2-4,12,16H,5H2,1H3,(H,14,15). The minimum Gasteiger partial charge on any atom is -0.479 e. The summed E-state index contributed by atoms with van der Waals surface area (Å²) in [6.45, 7) is 0.118. The van der Waals surface area contributed by atoms with Crippen LogP contribution in [0, 0.1) is 10.1 Å². The van der Waals surface area contributed by atoms with E-state index >= 15 is 0 Å². The Morgan fingerprint density at radius 3 is 2.52 bits per heavy atom. The largest absolute Gasteiger partial charge is 0.479 e. The van der Waals surface area contributed by atoms with Crippen molar-refractivity contribution in [2.75, 3.05) is 6.54 Å². The van der Waals surface area contributed by atoms with Crippen molar-refractivity contribution in [3.05, 3.63) is 33.3 Å². The zero-order valence-corrected chi connectivity index (χ0v) is 12.2. The second-order valence-electron chi connectivity index (χ2n) is 4.28. The van der Waals surface area contributed by atoms with Crippen molar-refractivity contribution in [3.8, 4) is 0 Å². The topological polar surface area (TPSA) is 147 Å². The van der Waals surface area contributed by atoms with E-state index in [-0.39, 0.29) is 0 Å². The van der Waals surface area contributed by atoms with Gasteiger partial charge < -0.3 is 10.2 Å². The van der Waals surface area contributed by atoms with Gasteiger partial charge in [-0.15, -0.1) is 0 Å². The molecule has 0 spiro atoms. The van der Waals surface area contributed by atoms with Gasteiger partial charge in [0.2, 0.25) is 10.0 Å². The molecule has 0 aromatic heterocycles. The third kappa shape index (κ3) is 4.11. The van der Waals surface area contributed by atoms with Crippen LogP contribution in [0.3, 0.4) is 0 Å². The van der Waals surface area contributed by atoms with Gasteiger partial charge in [0.05, 0.1) is 16.5 Å². The molecule has 11 heteroatoms. The summed E-state index contributed by atoms with van der Waals surface area (Å²) >= 11 is 5.67. The molecule has 0 aliphatic carbocycles. The number of nitro benzene ring substituents is 1. The molecule has 1 rings (SSSR count). The van der Waals surface area contributed by atoms with Crippen molar-refractivity contribution in [2.24, 2.45) is 0 Å². The number of carboxylic acid groups (broad SMARTS) is 1. The van der Waals surface area contributed by atoms with E-state index in [1.807, 2.05) is 4.72 Å². The van der Waals surface area contributed by atoms with Crippen LogP contribution in [0.1, 0.15) is 6.92 Å². The summed E-state index contributed by atoms with van der Waals surface area (Å²) in [5.41, 5.74) is -2.70. The lowest BCUT2D eigenvalue weighted by atomic mass is 10.1. The Bertz CT molecular complexity index is 687. The molecular weight excluding hydrogens is 328 g/mol. The lowest BCUT2D eigenvalue weighted by Crippen LogP contribution is -2.46. The first-order chi connectivity index (χ1) is 9.47. The highest BCUT2D eigenvalue weighted by molar-refractivity contribution is 7.89. The first-order valence-electron chi connectivity index (χ1n) is 5.37. The molecule has 0 aliphatic rings. The van der Waals surface area contributed by atoms with Crippen molar-refractivity contribution in [2.45, 2.75) is 17.4 Å². The van der Waals surface area contributed by atoms with E-state index in [4.69, 9.17) is 16.7 Å². The third-order valence-electron chi connectivity index (χ3n) is 2.48. The molecule has 1 aromatic carbocycles. The molecule has 0 bridgehead atoms. The summed E-state index contributed by atoms with van der Waals surface area (Å²) in [4.78, 5) is 20.0. The molecular formula is C10H11ClN2O7S. The highest BCUT2D eigenvalue weighted by Gasteiger charge is 2.32. The van der Waals surface area contributed by atoms with E-state index in [0.717, 1.165) is 25.1 Å². The number of benzene rings is 1. The Labute approximate surface area is 124 Å². The van der Waals surface area contributed by atoms with E-state index in [1.165, 1.54) is 0 Å². The minimum atomic E-state index is -4.23. The molecule has 0 fully saturated rings. The van der Waals surface area contributed by atoms with Crippen LogP contribution >= 0.6 is 11.6 Å². The highest BCUT2D eigenvalue weighted by atomic mass is 35.5. The number of carbonyl (C=O) groups is 1. The van der Waals surface area contributed by atoms with Crippen molar-refractivity contribution >= 4 is 33.3 Å². The maximum atomic E-state index is 11.9. The molecule has 0 saturated heterocycles. The number of nitrogens with one attached hydrogen (secondary N) is 1. The SMILES string of the molecule is CC(O)(CNS(=O)(=O)c1ccc([N+](=O)[O-])cc1Cl)C(=O)O. The average molecular weight is 339 g/mol. The minimum absolute atomic E-state index is 0.392. The predicted octanol–water partition coefficient (Wildman–Crippen LogP) is 0.362. The van der Waals surface area contributed by atoms with Gasteiger partial charge >= 0.3 is 5.97 Å². The van der Waals surface area contributed by atoms with Crippen LogP contribution in [0.15, 0.2) is 23.1 Å². The van der Waals surface area contributed by atoms with Crippen molar-refractivity contribution < 1.29 is 28.3 Å². The monoisotopic (exact) mass is 338 g/mol.